The van der Waals surface area contributed by atoms with Crippen molar-refractivity contribution in [2.45, 2.75) is 114 Å². The van der Waals surface area contributed by atoms with Gasteiger partial charge in [0.25, 0.3) is 11.8 Å². The lowest BCUT2D eigenvalue weighted by Crippen LogP contribution is -2.57. The number of alkyl carbamates (subject to hydrolysis) is 1. The number of carbonyl (C=O) groups is 4. The van der Waals surface area contributed by atoms with Crippen LogP contribution in [0.2, 0.25) is 0 Å². The van der Waals surface area contributed by atoms with Gasteiger partial charge in [-0.15, -0.1) is 0 Å². The van der Waals surface area contributed by atoms with Gasteiger partial charge >= 0.3 is 6.09 Å². The average molecular weight is 555 g/mol. The first-order valence-electron chi connectivity index (χ1n) is 13.5. The molecule has 11 nitrogen and oxygen atoms in total. The fourth-order valence-corrected chi connectivity index (χ4v) is 5.51. The monoisotopic (exact) mass is 554 g/mol. The number of hydrogen-bond acceptors (Lipinski definition) is 7. The molecule has 0 spiro atoms. The molecule has 3 rings (SSSR count). The molecule has 38 heavy (non-hydrogen) atoms. The molecule has 12 heteroatoms. The first-order valence-corrected chi connectivity index (χ1v) is 15.0. The molecule has 0 unspecified atom stereocenters. The molecule has 214 valence electrons. The van der Waals surface area contributed by atoms with Crippen LogP contribution in [0.25, 0.3) is 0 Å². The Balaban J connectivity index is 1.84. The van der Waals surface area contributed by atoms with Crippen LogP contribution in [0, 0.1) is 5.92 Å². The van der Waals surface area contributed by atoms with Crippen molar-refractivity contribution in [1.82, 2.24) is 20.3 Å². The fourth-order valence-electron chi connectivity index (χ4n) is 4.84. The number of allylic oxidation sites excluding steroid dienone is 1. The van der Waals surface area contributed by atoms with Gasteiger partial charge in [0.05, 0.1) is 5.25 Å². The molecule has 2 aliphatic heterocycles. The fraction of sp³-hybridized carbons (Fsp3) is 0.769. The largest absolute Gasteiger partial charge is 0.436 e. The first-order chi connectivity index (χ1) is 17.7. The first kappa shape index (κ1) is 29.9. The molecule has 3 N–H and O–H groups in total. The van der Waals surface area contributed by atoms with Crippen LogP contribution in [-0.2, 0) is 29.1 Å². The summed E-state index contributed by atoms with van der Waals surface area (Å²) in [5.41, 5.74) is -1.93. The zero-order chi connectivity index (χ0) is 28.3. The van der Waals surface area contributed by atoms with Crippen molar-refractivity contribution in [1.29, 1.82) is 0 Å². The summed E-state index contributed by atoms with van der Waals surface area (Å²) in [5, 5.41) is 4.69. The average Bonchev–Trinajstić information content (AvgIpc) is 3.26. The third-order valence-corrected chi connectivity index (χ3v) is 8.88. The third kappa shape index (κ3) is 7.27. The molecule has 2 fully saturated rings. The molecule has 0 aromatic carbocycles. The lowest BCUT2D eigenvalue weighted by molar-refractivity contribution is -0.146. The van der Waals surface area contributed by atoms with Crippen LogP contribution in [0.3, 0.4) is 0 Å². The van der Waals surface area contributed by atoms with Crippen molar-refractivity contribution >= 4 is 33.8 Å². The smallest absolute Gasteiger partial charge is 0.408 e. The van der Waals surface area contributed by atoms with Crippen LogP contribution in [0.4, 0.5) is 4.79 Å². The van der Waals surface area contributed by atoms with Crippen LogP contribution in [-0.4, -0.2) is 72.2 Å². The molecule has 0 bridgehead atoms. The van der Waals surface area contributed by atoms with Gasteiger partial charge in [0.15, 0.2) is 6.10 Å². The maximum atomic E-state index is 13.5. The number of fused-ring (bicyclic) bond motifs is 2. The molecule has 0 aromatic heterocycles. The summed E-state index contributed by atoms with van der Waals surface area (Å²) in [4.78, 5) is 54.1. The van der Waals surface area contributed by atoms with Gasteiger partial charge < -0.3 is 20.3 Å². The SMILES string of the molecule is CC(C)S(=O)(=O)NC(=O)[C@@]12C[C@H]1C=CCCCCC[C@H](OC(=O)NC(C)(C)C)C(=O)N1CCC[C@H]1C(=O)N2. The molecular weight excluding hydrogens is 512 g/mol. The molecular formula is C26H42N4O7S. The number of hydrogen-bond donors (Lipinski definition) is 3. The van der Waals surface area contributed by atoms with Gasteiger partial charge in [0.1, 0.15) is 11.6 Å². The second-order valence-corrected chi connectivity index (χ2v) is 14.1. The highest BCUT2D eigenvalue weighted by Gasteiger charge is 2.61. The topological polar surface area (TPSA) is 151 Å². The summed E-state index contributed by atoms with van der Waals surface area (Å²) < 4.78 is 32.5. The quantitative estimate of drug-likeness (QED) is 0.450. The minimum absolute atomic E-state index is 0.272. The second kappa shape index (κ2) is 11.6. The summed E-state index contributed by atoms with van der Waals surface area (Å²) in [5.74, 6) is -2.07. The van der Waals surface area contributed by atoms with Gasteiger partial charge in [-0.2, -0.15) is 0 Å². The summed E-state index contributed by atoms with van der Waals surface area (Å²) >= 11 is 0. The maximum absolute atomic E-state index is 13.5. The number of sulfonamides is 1. The van der Waals surface area contributed by atoms with Gasteiger partial charge in [-0.25, -0.2) is 13.2 Å². The minimum atomic E-state index is -3.89. The van der Waals surface area contributed by atoms with E-state index in [0.29, 0.717) is 32.2 Å². The highest BCUT2D eigenvalue weighted by molar-refractivity contribution is 7.90. The Kier molecular flexibility index (Phi) is 9.16. The molecule has 4 amide bonds. The lowest BCUT2D eigenvalue weighted by atomic mass is 10.1. The molecule has 2 heterocycles. The minimum Gasteiger partial charge on any atom is -0.436 e. The van der Waals surface area contributed by atoms with E-state index < -0.39 is 62.3 Å². The van der Waals surface area contributed by atoms with E-state index in [0.717, 1.165) is 19.3 Å². The zero-order valence-electron chi connectivity index (χ0n) is 23.0. The Morgan fingerprint density at radius 3 is 2.50 bits per heavy atom. The van der Waals surface area contributed by atoms with E-state index in [1.807, 2.05) is 32.9 Å². The van der Waals surface area contributed by atoms with Crippen LogP contribution >= 0.6 is 0 Å². The van der Waals surface area contributed by atoms with Crippen molar-refractivity contribution in [2.24, 2.45) is 5.92 Å². The number of nitrogens with one attached hydrogen (secondary N) is 3. The molecule has 1 saturated carbocycles. The number of ether oxygens (including phenoxy) is 1. The lowest BCUT2D eigenvalue weighted by Gasteiger charge is -2.30. The molecule has 1 saturated heterocycles. The number of carbonyl (C=O) groups excluding carboxylic acids is 4. The van der Waals surface area contributed by atoms with Crippen molar-refractivity contribution in [3.05, 3.63) is 12.2 Å². The predicted molar refractivity (Wildman–Crippen MR) is 141 cm³/mol. The highest BCUT2D eigenvalue weighted by atomic mass is 32.2. The Hall–Kier alpha value is -2.63. The summed E-state index contributed by atoms with van der Waals surface area (Å²) in [6, 6.07) is -0.846. The van der Waals surface area contributed by atoms with Crippen LogP contribution < -0.4 is 15.4 Å². The summed E-state index contributed by atoms with van der Waals surface area (Å²) in [6.07, 6.45) is 6.69. The van der Waals surface area contributed by atoms with Crippen LogP contribution in [0.5, 0.6) is 0 Å². The molecule has 1 aliphatic carbocycles. The Bertz CT molecular complexity index is 1070. The van der Waals surface area contributed by atoms with Crippen LogP contribution in [0.1, 0.15) is 86.0 Å². The van der Waals surface area contributed by atoms with Crippen molar-refractivity contribution in [3.8, 4) is 0 Å². The molecule has 4 atom stereocenters. The molecule has 0 radical (unpaired) electrons. The van der Waals surface area contributed by atoms with E-state index in [2.05, 4.69) is 15.4 Å². The van der Waals surface area contributed by atoms with Gasteiger partial charge in [0, 0.05) is 18.0 Å². The normalized spacial score (nSPS) is 28.9. The van der Waals surface area contributed by atoms with E-state index in [9.17, 15) is 27.6 Å². The van der Waals surface area contributed by atoms with Crippen molar-refractivity contribution in [3.63, 3.8) is 0 Å². The standard InChI is InChI=1S/C26H42N4O7S/c1-17(2)38(35,36)29-23(33)26-16-18(26)12-9-7-6-8-10-14-20(37-24(34)28-25(3,4)5)22(32)30-15-11-13-19(30)21(31)27-26/h9,12,17-20H,6-8,10-11,13-16H2,1-5H3,(H,27,31)(H,28,34)(H,29,33)/t18-,19+,20+,26-/m1/s1. The van der Waals surface area contributed by atoms with Gasteiger partial charge in [0.2, 0.25) is 15.9 Å². The molecule has 3 aliphatic rings. The van der Waals surface area contributed by atoms with Crippen LogP contribution in [0.15, 0.2) is 12.2 Å². The number of amides is 4. The zero-order valence-corrected chi connectivity index (χ0v) is 23.9. The molecule has 0 aromatic rings. The summed E-state index contributed by atoms with van der Waals surface area (Å²) in [7, 11) is -3.89. The van der Waals surface area contributed by atoms with Gasteiger partial charge in [-0.1, -0.05) is 18.6 Å². The van der Waals surface area contributed by atoms with Gasteiger partial charge in [-0.05, 0) is 79.6 Å². The predicted octanol–water partition coefficient (Wildman–Crippen LogP) is 2.12. The van der Waals surface area contributed by atoms with Gasteiger partial charge in [-0.3, -0.25) is 19.1 Å². The second-order valence-electron chi connectivity index (χ2n) is 11.8. The maximum Gasteiger partial charge on any atom is 0.408 e. The Morgan fingerprint density at radius 1 is 1.13 bits per heavy atom. The van der Waals surface area contributed by atoms with Crippen molar-refractivity contribution in [2.75, 3.05) is 6.54 Å². The van der Waals surface area contributed by atoms with E-state index in [-0.39, 0.29) is 12.3 Å². The number of nitrogens with zero attached hydrogens (tertiary/aromatic N) is 1. The third-order valence-electron chi connectivity index (χ3n) is 7.17. The highest BCUT2D eigenvalue weighted by Crippen LogP contribution is 2.45. The number of rotatable bonds is 4. The Morgan fingerprint density at radius 2 is 1.84 bits per heavy atom. The summed E-state index contributed by atoms with van der Waals surface area (Å²) in [6.45, 7) is 8.69. The Labute approximate surface area is 225 Å². The van der Waals surface area contributed by atoms with E-state index in [1.165, 1.54) is 18.7 Å². The van der Waals surface area contributed by atoms with E-state index in [4.69, 9.17) is 4.74 Å². The van der Waals surface area contributed by atoms with E-state index in [1.54, 1.807) is 0 Å². The van der Waals surface area contributed by atoms with Crippen molar-refractivity contribution < 1.29 is 32.3 Å². The van der Waals surface area contributed by atoms with E-state index >= 15 is 0 Å².